The van der Waals surface area contributed by atoms with E-state index < -0.39 is 5.97 Å². The van der Waals surface area contributed by atoms with Crippen LogP contribution in [0.1, 0.15) is 16.9 Å². The Labute approximate surface area is 111 Å². The summed E-state index contributed by atoms with van der Waals surface area (Å²) in [6.45, 7) is 2.22. The van der Waals surface area contributed by atoms with Crippen molar-refractivity contribution in [2.75, 3.05) is 40.6 Å². The number of nitrogens with zero attached hydrogens (tertiary/aromatic N) is 2. The zero-order chi connectivity index (χ0) is 13.9. The number of hydrogen-bond acceptors (Lipinski definition) is 7. The molecule has 1 aromatic rings. The van der Waals surface area contributed by atoms with Gasteiger partial charge in [0.1, 0.15) is 0 Å². The number of ether oxygens (including phenoxy) is 4. The maximum Gasteiger partial charge on any atom is 0.358 e. The van der Waals surface area contributed by atoms with Crippen LogP contribution in [0.5, 0.6) is 5.88 Å². The first-order chi connectivity index (χ1) is 9.27. The van der Waals surface area contributed by atoms with Crippen LogP contribution in [0.3, 0.4) is 0 Å². The van der Waals surface area contributed by atoms with E-state index in [0.717, 1.165) is 6.42 Å². The van der Waals surface area contributed by atoms with Gasteiger partial charge >= 0.3 is 5.97 Å². The van der Waals surface area contributed by atoms with E-state index in [1.54, 1.807) is 7.11 Å². The van der Waals surface area contributed by atoms with E-state index in [2.05, 4.69) is 14.7 Å². The summed E-state index contributed by atoms with van der Waals surface area (Å²) in [4.78, 5) is 18.9. The van der Waals surface area contributed by atoms with Crippen molar-refractivity contribution in [3.05, 3.63) is 18.1 Å². The van der Waals surface area contributed by atoms with Crippen LogP contribution in [0, 0.1) is 0 Å². The molecule has 0 saturated carbocycles. The molecular weight excluding hydrogens is 252 g/mol. The summed E-state index contributed by atoms with van der Waals surface area (Å²) in [5, 5.41) is 0. The Hall–Kier alpha value is -1.73. The minimum atomic E-state index is -0.523. The molecule has 0 aliphatic carbocycles. The van der Waals surface area contributed by atoms with Gasteiger partial charge in [-0.3, -0.25) is 0 Å². The van der Waals surface area contributed by atoms with Crippen LogP contribution in [0.25, 0.3) is 0 Å². The first-order valence-electron chi connectivity index (χ1n) is 5.87. The van der Waals surface area contributed by atoms with E-state index in [0.29, 0.717) is 32.3 Å². The highest BCUT2D eigenvalue weighted by atomic mass is 16.5. The van der Waals surface area contributed by atoms with Gasteiger partial charge in [-0.1, -0.05) is 0 Å². The molecule has 1 aromatic heterocycles. The first-order valence-corrected chi connectivity index (χ1v) is 5.87. The molecule has 7 heteroatoms. The van der Waals surface area contributed by atoms with E-state index >= 15 is 0 Å². The van der Waals surface area contributed by atoms with E-state index in [4.69, 9.17) is 14.2 Å². The Balaban J connectivity index is 2.18. The van der Waals surface area contributed by atoms with Crippen molar-refractivity contribution >= 4 is 5.97 Å². The van der Waals surface area contributed by atoms with Crippen molar-refractivity contribution in [3.8, 4) is 5.88 Å². The van der Waals surface area contributed by atoms with Crippen molar-refractivity contribution in [3.63, 3.8) is 0 Å². The van der Waals surface area contributed by atoms with Crippen LogP contribution < -0.4 is 4.74 Å². The predicted octanol–water partition coefficient (Wildman–Crippen LogP) is 0.695. The standard InChI is InChI=1S/C12H18N2O5/c1-16-6-7-18-4-3-5-19-11-9-13-10(8-14-11)12(15)17-2/h8-9H,3-7H2,1-2H3. The highest BCUT2D eigenvalue weighted by Gasteiger charge is 2.07. The van der Waals surface area contributed by atoms with E-state index in [9.17, 15) is 4.79 Å². The minimum absolute atomic E-state index is 0.151. The molecule has 0 spiro atoms. The third-order valence-electron chi connectivity index (χ3n) is 2.14. The van der Waals surface area contributed by atoms with Crippen molar-refractivity contribution in [2.24, 2.45) is 0 Å². The molecule has 0 bridgehead atoms. The molecule has 1 heterocycles. The number of esters is 1. The Morgan fingerprint density at radius 2 is 1.95 bits per heavy atom. The van der Waals surface area contributed by atoms with Gasteiger partial charge < -0.3 is 18.9 Å². The average molecular weight is 270 g/mol. The molecule has 19 heavy (non-hydrogen) atoms. The molecule has 106 valence electrons. The van der Waals surface area contributed by atoms with Gasteiger partial charge in [-0.05, 0) is 0 Å². The third kappa shape index (κ3) is 6.12. The Bertz CT molecular complexity index is 369. The summed E-state index contributed by atoms with van der Waals surface area (Å²) in [5.41, 5.74) is 0.151. The van der Waals surface area contributed by atoms with Gasteiger partial charge in [0.05, 0.1) is 39.3 Å². The van der Waals surface area contributed by atoms with Gasteiger partial charge in [0, 0.05) is 20.1 Å². The summed E-state index contributed by atoms with van der Waals surface area (Å²) in [5.74, 6) is -0.157. The van der Waals surface area contributed by atoms with Gasteiger partial charge in [-0.2, -0.15) is 0 Å². The number of carbonyl (C=O) groups excluding carboxylic acids is 1. The van der Waals surface area contributed by atoms with Crippen LogP contribution in [-0.4, -0.2) is 56.6 Å². The molecule has 0 saturated heterocycles. The lowest BCUT2D eigenvalue weighted by atomic mass is 10.4. The summed E-state index contributed by atoms with van der Waals surface area (Å²) >= 11 is 0. The second-order valence-corrected chi connectivity index (χ2v) is 3.54. The Morgan fingerprint density at radius 1 is 1.11 bits per heavy atom. The second-order valence-electron chi connectivity index (χ2n) is 3.54. The zero-order valence-corrected chi connectivity index (χ0v) is 11.1. The molecule has 0 aliphatic rings. The molecule has 0 aliphatic heterocycles. The fourth-order valence-corrected chi connectivity index (χ4v) is 1.18. The lowest BCUT2D eigenvalue weighted by Crippen LogP contribution is -2.08. The highest BCUT2D eigenvalue weighted by molar-refractivity contribution is 5.86. The van der Waals surface area contributed by atoms with Crippen LogP contribution in [0.2, 0.25) is 0 Å². The average Bonchev–Trinajstić information content (AvgIpc) is 2.46. The lowest BCUT2D eigenvalue weighted by molar-refractivity contribution is 0.0593. The largest absolute Gasteiger partial charge is 0.476 e. The van der Waals surface area contributed by atoms with Crippen molar-refractivity contribution in [2.45, 2.75) is 6.42 Å². The van der Waals surface area contributed by atoms with Crippen molar-refractivity contribution < 1.29 is 23.7 Å². The van der Waals surface area contributed by atoms with E-state index in [1.165, 1.54) is 19.5 Å². The molecule has 0 N–H and O–H groups in total. The molecule has 0 fully saturated rings. The maximum atomic E-state index is 11.1. The Morgan fingerprint density at radius 3 is 2.58 bits per heavy atom. The fourth-order valence-electron chi connectivity index (χ4n) is 1.18. The number of hydrogen-bond donors (Lipinski definition) is 0. The third-order valence-corrected chi connectivity index (χ3v) is 2.14. The fraction of sp³-hybridized carbons (Fsp3) is 0.583. The van der Waals surface area contributed by atoms with Crippen LogP contribution >= 0.6 is 0 Å². The quantitative estimate of drug-likeness (QED) is 0.482. The number of rotatable bonds is 9. The van der Waals surface area contributed by atoms with Gasteiger partial charge in [-0.15, -0.1) is 0 Å². The molecule has 0 atom stereocenters. The number of carbonyl (C=O) groups is 1. The van der Waals surface area contributed by atoms with Crippen molar-refractivity contribution in [1.82, 2.24) is 9.97 Å². The van der Waals surface area contributed by atoms with Crippen LogP contribution in [-0.2, 0) is 14.2 Å². The molecule has 0 amide bonds. The van der Waals surface area contributed by atoms with Gasteiger partial charge in [-0.25, -0.2) is 14.8 Å². The summed E-state index contributed by atoms with van der Waals surface area (Å²) < 4.78 is 20.0. The monoisotopic (exact) mass is 270 g/mol. The van der Waals surface area contributed by atoms with Crippen molar-refractivity contribution in [1.29, 1.82) is 0 Å². The predicted molar refractivity (Wildman–Crippen MR) is 66.2 cm³/mol. The van der Waals surface area contributed by atoms with Gasteiger partial charge in [0.15, 0.2) is 5.69 Å². The Kier molecular flexibility index (Phi) is 7.45. The van der Waals surface area contributed by atoms with Gasteiger partial charge in [0.25, 0.3) is 0 Å². The molecular formula is C12H18N2O5. The summed E-state index contributed by atoms with van der Waals surface area (Å²) in [7, 11) is 2.92. The minimum Gasteiger partial charge on any atom is -0.476 e. The molecule has 0 unspecified atom stereocenters. The second kappa shape index (κ2) is 9.23. The zero-order valence-electron chi connectivity index (χ0n) is 11.1. The molecule has 7 nitrogen and oxygen atoms in total. The summed E-state index contributed by atoms with van der Waals surface area (Å²) in [6.07, 6.45) is 3.44. The summed E-state index contributed by atoms with van der Waals surface area (Å²) in [6, 6.07) is 0. The van der Waals surface area contributed by atoms with Gasteiger partial charge in [0.2, 0.25) is 5.88 Å². The molecule has 0 aromatic carbocycles. The smallest absolute Gasteiger partial charge is 0.358 e. The lowest BCUT2D eigenvalue weighted by Gasteiger charge is -2.06. The first kappa shape index (κ1) is 15.3. The van der Waals surface area contributed by atoms with E-state index in [-0.39, 0.29) is 5.69 Å². The van der Waals surface area contributed by atoms with Crippen LogP contribution in [0.15, 0.2) is 12.4 Å². The normalized spacial score (nSPS) is 10.2. The number of methoxy groups -OCH3 is 2. The highest BCUT2D eigenvalue weighted by Crippen LogP contribution is 2.05. The molecule has 0 radical (unpaired) electrons. The maximum absolute atomic E-state index is 11.1. The number of aromatic nitrogens is 2. The van der Waals surface area contributed by atoms with Crippen LogP contribution in [0.4, 0.5) is 0 Å². The van der Waals surface area contributed by atoms with E-state index in [1.807, 2.05) is 0 Å². The topological polar surface area (TPSA) is 79.8 Å². The SMILES string of the molecule is COCCOCCCOc1cnc(C(=O)OC)cn1. The molecule has 1 rings (SSSR count).